The molecule has 0 saturated carbocycles. The van der Waals surface area contributed by atoms with E-state index in [1.54, 1.807) is 31.4 Å². The van der Waals surface area contributed by atoms with Gasteiger partial charge in [-0.05, 0) is 17.7 Å². The van der Waals surface area contributed by atoms with E-state index in [4.69, 9.17) is 9.47 Å². The molecule has 0 fully saturated rings. The molecule has 0 bridgehead atoms. The third kappa shape index (κ3) is 5.38. The smallest absolute Gasteiger partial charge is 0.215 e. The van der Waals surface area contributed by atoms with Crippen LogP contribution >= 0.6 is 0 Å². The van der Waals surface area contributed by atoms with Crippen LogP contribution in [0, 0.1) is 0 Å². The fraction of sp³-hybridized carbons (Fsp3) is 0.250. The second-order valence-corrected chi connectivity index (χ2v) is 6.47. The summed E-state index contributed by atoms with van der Waals surface area (Å²) in [6, 6.07) is 16.2. The van der Waals surface area contributed by atoms with Crippen molar-refractivity contribution in [2.75, 3.05) is 20.3 Å². The summed E-state index contributed by atoms with van der Waals surface area (Å²) in [5, 5.41) is 0. The molecule has 0 aromatic heterocycles. The Hall–Kier alpha value is -2.05. The van der Waals surface area contributed by atoms with Crippen molar-refractivity contribution in [2.45, 2.75) is 5.75 Å². The van der Waals surface area contributed by atoms with Gasteiger partial charge in [0.05, 0.1) is 12.9 Å². The number of methoxy groups -OCH3 is 1. The van der Waals surface area contributed by atoms with E-state index in [0.717, 1.165) is 5.56 Å². The Bertz CT molecular complexity index is 686. The maximum atomic E-state index is 11.9. The number of rotatable bonds is 8. The molecule has 6 heteroatoms. The lowest BCUT2D eigenvalue weighted by Gasteiger charge is -2.09. The summed E-state index contributed by atoms with van der Waals surface area (Å²) < 4.78 is 36.9. The van der Waals surface area contributed by atoms with Crippen LogP contribution in [-0.4, -0.2) is 28.7 Å². The molecule has 2 rings (SSSR count). The van der Waals surface area contributed by atoms with Gasteiger partial charge in [0.15, 0.2) is 0 Å². The lowest BCUT2D eigenvalue weighted by molar-refractivity contribution is 0.320. The van der Waals surface area contributed by atoms with Crippen LogP contribution in [-0.2, 0) is 15.8 Å². The molecule has 0 radical (unpaired) electrons. The summed E-state index contributed by atoms with van der Waals surface area (Å²) >= 11 is 0. The zero-order valence-corrected chi connectivity index (χ0v) is 13.2. The summed E-state index contributed by atoms with van der Waals surface area (Å²) in [5.41, 5.74) is 0.753. The largest absolute Gasteiger partial charge is 0.497 e. The Labute approximate surface area is 130 Å². The highest BCUT2D eigenvalue weighted by molar-refractivity contribution is 7.88. The molecule has 5 nitrogen and oxygen atoms in total. The van der Waals surface area contributed by atoms with Crippen molar-refractivity contribution in [2.24, 2.45) is 0 Å². The highest BCUT2D eigenvalue weighted by atomic mass is 32.2. The van der Waals surface area contributed by atoms with Crippen molar-refractivity contribution in [1.29, 1.82) is 0 Å². The number of benzene rings is 2. The van der Waals surface area contributed by atoms with Gasteiger partial charge in [-0.1, -0.05) is 36.4 Å². The van der Waals surface area contributed by atoms with Gasteiger partial charge < -0.3 is 9.47 Å². The van der Waals surface area contributed by atoms with Crippen molar-refractivity contribution in [3.8, 4) is 11.5 Å². The molecular weight excluding hydrogens is 302 g/mol. The first kappa shape index (κ1) is 16.3. The second-order valence-electron chi connectivity index (χ2n) is 4.67. The molecule has 0 saturated heterocycles. The van der Waals surface area contributed by atoms with Gasteiger partial charge in [-0.15, -0.1) is 0 Å². The zero-order valence-electron chi connectivity index (χ0n) is 12.4. The summed E-state index contributed by atoms with van der Waals surface area (Å²) in [6.45, 7) is 0.466. The summed E-state index contributed by atoms with van der Waals surface area (Å²) in [7, 11) is -1.78. The Morgan fingerprint density at radius 3 is 2.45 bits per heavy atom. The van der Waals surface area contributed by atoms with Crippen molar-refractivity contribution in [3.63, 3.8) is 0 Å². The molecule has 0 aliphatic carbocycles. The Morgan fingerprint density at radius 2 is 1.73 bits per heavy atom. The lowest BCUT2D eigenvalue weighted by atomic mass is 10.2. The molecule has 1 N–H and O–H groups in total. The highest BCUT2D eigenvalue weighted by Gasteiger charge is 2.10. The van der Waals surface area contributed by atoms with Gasteiger partial charge in [-0.2, -0.15) is 0 Å². The maximum Gasteiger partial charge on any atom is 0.215 e. The molecule has 118 valence electrons. The van der Waals surface area contributed by atoms with Crippen molar-refractivity contribution >= 4 is 10.0 Å². The van der Waals surface area contributed by atoms with E-state index < -0.39 is 10.0 Å². The SMILES string of the molecule is COc1cccc(OCCNS(=O)(=O)Cc2ccccc2)c1. The zero-order chi connectivity index (χ0) is 15.8. The second kappa shape index (κ2) is 7.82. The van der Waals surface area contributed by atoms with Crippen LogP contribution in [0.5, 0.6) is 11.5 Å². The Morgan fingerprint density at radius 1 is 1.00 bits per heavy atom. The summed E-state index contributed by atoms with van der Waals surface area (Å²) in [4.78, 5) is 0. The van der Waals surface area contributed by atoms with E-state index in [-0.39, 0.29) is 18.9 Å². The van der Waals surface area contributed by atoms with Crippen LogP contribution in [0.3, 0.4) is 0 Å². The molecule has 0 amide bonds. The first-order valence-corrected chi connectivity index (χ1v) is 8.52. The predicted octanol–water partition coefficient (Wildman–Crippen LogP) is 2.19. The summed E-state index contributed by atoms with van der Waals surface area (Å²) in [6.07, 6.45) is 0. The number of nitrogens with one attached hydrogen (secondary N) is 1. The molecule has 0 atom stereocenters. The third-order valence-corrected chi connectivity index (χ3v) is 4.29. The van der Waals surface area contributed by atoms with Gasteiger partial charge in [0.1, 0.15) is 18.1 Å². The molecule has 0 aliphatic rings. The Kier molecular flexibility index (Phi) is 5.80. The van der Waals surface area contributed by atoms with Crippen molar-refractivity contribution in [3.05, 3.63) is 60.2 Å². The minimum absolute atomic E-state index is 0.0347. The molecule has 0 aliphatic heterocycles. The van der Waals surface area contributed by atoms with Gasteiger partial charge in [-0.25, -0.2) is 13.1 Å². The third-order valence-electron chi connectivity index (χ3n) is 2.93. The number of ether oxygens (including phenoxy) is 2. The van der Waals surface area contributed by atoms with Gasteiger partial charge in [0, 0.05) is 12.6 Å². The topological polar surface area (TPSA) is 64.6 Å². The maximum absolute atomic E-state index is 11.9. The van der Waals surface area contributed by atoms with Gasteiger partial charge in [-0.3, -0.25) is 0 Å². The van der Waals surface area contributed by atoms with E-state index in [1.807, 2.05) is 30.3 Å². The summed E-state index contributed by atoms with van der Waals surface area (Å²) in [5.74, 6) is 1.30. The van der Waals surface area contributed by atoms with Crippen LogP contribution in [0.2, 0.25) is 0 Å². The van der Waals surface area contributed by atoms with Crippen LogP contribution in [0.15, 0.2) is 54.6 Å². The molecule has 0 unspecified atom stereocenters. The number of sulfonamides is 1. The van der Waals surface area contributed by atoms with E-state index in [9.17, 15) is 8.42 Å². The first-order chi connectivity index (χ1) is 10.6. The number of hydrogen-bond acceptors (Lipinski definition) is 4. The predicted molar refractivity (Wildman–Crippen MR) is 85.6 cm³/mol. The molecular formula is C16H19NO4S. The number of hydrogen-bond donors (Lipinski definition) is 1. The van der Waals surface area contributed by atoms with Crippen LogP contribution in [0.25, 0.3) is 0 Å². The van der Waals surface area contributed by atoms with Crippen LogP contribution < -0.4 is 14.2 Å². The van der Waals surface area contributed by atoms with E-state index >= 15 is 0 Å². The van der Waals surface area contributed by atoms with Gasteiger partial charge in [0.25, 0.3) is 0 Å². The fourth-order valence-corrected chi connectivity index (χ4v) is 3.03. The van der Waals surface area contributed by atoms with E-state index in [1.165, 1.54) is 0 Å². The minimum Gasteiger partial charge on any atom is -0.497 e. The molecule has 0 heterocycles. The van der Waals surface area contributed by atoms with E-state index in [2.05, 4.69) is 4.72 Å². The molecule has 2 aromatic rings. The van der Waals surface area contributed by atoms with E-state index in [0.29, 0.717) is 11.5 Å². The van der Waals surface area contributed by atoms with Crippen LogP contribution in [0.1, 0.15) is 5.56 Å². The van der Waals surface area contributed by atoms with Crippen LogP contribution in [0.4, 0.5) is 0 Å². The molecule has 0 spiro atoms. The molecule has 22 heavy (non-hydrogen) atoms. The monoisotopic (exact) mass is 321 g/mol. The highest BCUT2D eigenvalue weighted by Crippen LogP contribution is 2.18. The van der Waals surface area contributed by atoms with Gasteiger partial charge in [0.2, 0.25) is 10.0 Å². The Balaban J connectivity index is 1.78. The quantitative estimate of drug-likeness (QED) is 0.757. The lowest BCUT2D eigenvalue weighted by Crippen LogP contribution is -2.29. The fourth-order valence-electron chi connectivity index (χ4n) is 1.90. The van der Waals surface area contributed by atoms with Crippen molar-refractivity contribution < 1.29 is 17.9 Å². The standard InChI is InChI=1S/C16H19NO4S/c1-20-15-8-5-9-16(12-15)21-11-10-17-22(18,19)13-14-6-3-2-4-7-14/h2-9,12,17H,10-11,13H2,1H3. The first-order valence-electron chi connectivity index (χ1n) is 6.87. The average Bonchev–Trinajstić information content (AvgIpc) is 2.52. The average molecular weight is 321 g/mol. The molecule has 2 aromatic carbocycles. The van der Waals surface area contributed by atoms with Gasteiger partial charge >= 0.3 is 0 Å². The minimum atomic E-state index is -3.36. The van der Waals surface area contributed by atoms with Crippen molar-refractivity contribution in [1.82, 2.24) is 4.72 Å². The normalized spacial score (nSPS) is 11.1.